The number of nitrogens with one attached hydrogen (secondary N) is 2. The highest BCUT2D eigenvalue weighted by Gasteiger charge is 2.79. The van der Waals surface area contributed by atoms with E-state index in [1.165, 1.54) is 4.90 Å². The van der Waals surface area contributed by atoms with Crippen molar-refractivity contribution in [2.24, 2.45) is 11.8 Å². The lowest BCUT2D eigenvalue weighted by atomic mass is 9.65. The van der Waals surface area contributed by atoms with Crippen LogP contribution in [-0.4, -0.2) is 109 Å². The molecule has 4 aliphatic heterocycles. The van der Waals surface area contributed by atoms with Gasteiger partial charge in [-0.1, -0.05) is 13.8 Å². The highest BCUT2D eigenvalue weighted by atomic mass is 16.5. The molecular formula is C30H44N4O7. The highest BCUT2D eigenvalue weighted by molar-refractivity contribution is 6.02. The van der Waals surface area contributed by atoms with Crippen LogP contribution in [0.25, 0.3) is 0 Å². The molecule has 3 N–H and O–H groups in total. The van der Waals surface area contributed by atoms with Crippen LogP contribution in [0.4, 0.5) is 5.69 Å². The van der Waals surface area contributed by atoms with Crippen LogP contribution >= 0.6 is 0 Å². The van der Waals surface area contributed by atoms with Gasteiger partial charge < -0.3 is 34.9 Å². The second-order valence-electron chi connectivity index (χ2n) is 11.5. The molecule has 6 atom stereocenters. The van der Waals surface area contributed by atoms with Gasteiger partial charge in [0.05, 0.1) is 49.9 Å². The molecule has 4 fully saturated rings. The molecule has 0 aromatic heterocycles. The van der Waals surface area contributed by atoms with Crippen molar-refractivity contribution >= 4 is 23.4 Å². The van der Waals surface area contributed by atoms with E-state index in [-0.39, 0.29) is 24.3 Å². The van der Waals surface area contributed by atoms with E-state index < -0.39 is 35.1 Å². The molecule has 1 spiro atoms. The van der Waals surface area contributed by atoms with Crippen molar-refractivity contribution < 1.29 is 33.7 Å². The number of aliphatic hydroxyl groups excluding tert-OH is 1. The van der Waals surface area contributed by atoms with Gasteiger partial charge in [0.25, 0.3) is 0 Å². The molecule has 0 saturated carbocycles. The largest absolute Gasteiger partial charge is 0.494 e. The number of anilines is 1. The van der Waals surface area contributed by atoms with Gasteiger partial charge in [-0.05, 0) is 56.9 Å². The maximum atomic E-state index is 14.2. The first-order valence-corrected chi connectivity index (χ1v) is 15.1. The first-order chi connectivity index (χ1) is 19.8. The summed E-state index contributed by atoms with van der Waals surface area (Å²) in [5.74, 6) is -1.74. The molecule has 2 bridgehead atoms. The Labute approximate surface area is 241 Å². The number of hydrogen-bond acceptors (Lipinski definition) is 8. The minimum atomic E-state index is -1.13. The van der Waals surface area contributed by atoms with E-state index in [9.17, 15) is 19.5 Å². The summed E-state index contributed by atoms with van der Waals surface area (Å²) in [6, 6.07) is 5.67. The number of carbonyl (C=O) groups excluding carboxylic acids is 3. The lowest BCUT2D eigenvalue weighted by Crippen LogP contribution is -2.58. The van der Waals surface area contributed by atoms with Crippen LogP contribution in [0.3, 0.4) is 0 Å². The van der Waals surface area contributed by atoms with E-state index in [1.54, 1.807) is 24.3 Å². The predicted octanol–water partition coefficient (Wildman–Crippen LogP) is 1.40. The van der Waals surface area contributed by atoms with Crippen molar-refractivity contribution in [2.45, 2.75) is 69.7 Å². The van der Waals surface area contributed by atoms with Gasteiger partial charge in [-0.2, -0.15) is 0 Å². The fourth-order valence-electron chi connectivity index (χ4n) is 7.44. The van der Waals surface area contributed by atoms with Gasteiger partial charge in [0.15, 0.2) is 0 Å². The fraction of sp³-hybridized carbons (Fsp3) is 0.700. The van der Waals surface area contributed by atoms with E-state index in [1.807, 2.05) is 20.8 Å². The van der Waals surface area contributed by atoms with Gasteiger partial charge in [-0.15, -0.1) is 0 Å². The molecule has 1 aromatic carbocycles. The second kappa shape index (κ2) is 12.2. The van der Waals surface area contributed by atoms with Crippen LogP contribution < -0.4 is 15.4 Å². The minimum absolute atomic E-state index is 0.273. The lowest BCUT2D eigenvalue weighted by Gasteiger charge is -2.37. The summed E-state index contributed by atoms with van der Waals surface area (Å²) in [4.78, 5) is 45.9. The molecule has 1 aromatic rings. The third-order valence-electron chi connectivity index (χ3n) is 9.49. The molecule has 226 valence electrons. The molecule has 5 rings (SSSR count). The van der Waals surface area contributed by atoms with Crippen LogP contribution in [0, 0.1) is 11.8 Å². The average Bonchev–Trinajstić information content (AvgIpc) is 3.59. The Morgan fingerprint density at radius 1 is 1.12 bits per heavy atom. The maximum Gasteiger partial charge on any atom is 0.245 e. The van der Waals surface area contributed by atoms with Crippen LogP contribution in [0.1, 0.15) is 46.5 Å². The average molecular weight is 573 g/mol. The number of hydrogen-bond donors (Lipinski definition) is 3. The first-order valence-electron chi connectivity index (χ1n) is 15.1. The van der Waals surface area contributed by atoms with Crippen molar-refractivity contribution in [3.8, 4) is 5.75 Å². The van der Waals surface area contributed by atoms with Gasteiger partial charge in [-0.25, -0.2) is 0 Å². The number of aliphatic hydroxyl groups is 1. The van der Waals surface area contributed by atoms with Crippen LogP contribution in [0.5, 0.6) is 5.75 Å². The molecule has 2 unspecified atom stereocenters. The highest BCUT2D eigenvalue weighted by Crippen LogP contribution is 2.64. The van der Waals surface area contributed by atoms with Crippen LogP contribution in [0.15, 0.2) is 24.3 Å². The van der Waals surface area contributed by atoms with Crippen molar-refractivity contribution in [1.29, 1.82) is 0 Å². The number of nitrogens with zero attached hydrogens (tertiary/aromatic N) is 2. The maximum absolute atomic E-state index is 14.2. The zero-order valence-corrected chi connectivity index (χ0v) is 24.4. The first kappa shape index (κ1) is 29.8. The number of benzene rings is 1. The summed E-state index contributed by atoms with van der Waals surface area (Å²) in [5.41, 5.74) is -1.36. The Morgan fingerprint density at radius 2 is 1.85 bits per heavy atom. The third-order valence-corrected chi connectivity index (χ3v) is 9.49. The summed E-state index contributed by atoms with van der Waals surface area (Å²) in [6.45, 7) is 10.1. The summed E-state index contributed by atoms with van der Waals surface area (Å²) >= 11 is 0. The normalized spacial score (nSPS) is 31.7. The van der Waals surface area contributed by atoms with Crippen molar-refractivity contribution in [2.75, 3.05) is 57.9 Å². The summed E-state index contributed by atoms with van der Waals surface area (Å²) in [5, 5.41) is 16.3. The minimum Gasteiger partial charge on any atom is -0.494 e. The Kier molecular flexibility index (Phi) is 8.89. The molecule has 0 aliphatic carbocycles. The quantitative estimate of drug-likeness (QED) is 0.343. The Morgan fingerprint density at radius 3 is 2.49 bits per heavy atom. The van der Waals surface area contributed by atoms with Gasteiger partial charge in [0, 0.05) is 31.9 Å². The number of fused-ring (bicyclic) bond motifs is 1. The number of amides is 3. The smallest absolute Gasteiger partial charge is 0.245 e. The Bertz CT molecular complexity index is 1110. The second-order valence-corrected chi connectivity index (χ2v) is 11.5. The number of carbonyl (C=O) groups is 3. The standard InChI is InChI=1S/C30H44N4O7/c1-4-21(19-35)34-25(27(37)31-13-14-33-15-17-39-18-16-33)30-12-11-29(5-2,41-30)23(24(30)28(34)38)26(36)32-20-7-9-22(10-8-20)40-6-3/h7-10,21,23-25,35H,4-6,11-19H2,1-3H3,(H,31,37)(H,32,36)/t21-,23-,24-,25?,29+,30?/m0/s1. The molecule has 11 heteroatoms. The molecule has 41 heavy (non-hydrogen) atoms. The molecule has 4 heterocycles. The fourth-order valence-corrected chi connectivity index (χ4v) is 7.44. The molecule has 4 aliphatic rings. The Balaban J connectivity index is 1.41. The van der Waals surface area contributed by atoms with E-state index in [4.69, 9.17) is 14.2 Å². The zero-order valence-electron chi connectivity index (χ0n) is 24.4. The number of ether oxygens (including phenoxy) is 3. The molecular weight excluding hydrogens is 528 g/mol. The van der Waals surface area contributed by atoms with Crippen LogP contribution in [-0.2, 0) is 23.9 Å². The van der Waals surface area contributed by atoms with Gasteiger partial charge in [0.1, 0.15) is 17.4 Å². The number of morpholine rings is 1. The lowest BCUT2D eigenvalue weighted by molar-refractivity contribution is -0.150. The molecule has 3 amide bonds. The summed E-state index contributed by atoms with van der Waals surface area (Å²) in [7, 11) is 0. The predicted molar refractivity (Wildman–Crippen MR) is 151 cm³/mol. The van der Waals surface area contributed by atoms with Crippen molar-refractivity contribution in [3.05, 3.63) is 24.3 Å². The molecule has 0 radical (unpaired) electrons. The Hall–Kier alpha value is -2.73. The van der Waals surface area contributed by atoms with Gasteiger partial charge >= 0.3 is 0 Å². The topological polar surface area (TPSA) is 130 Å². The van der Waals surface area contributed by atoms with Crippen molar-refractivity contribution in [1.82, 2.24) is 15.1 Å². The van der Waals surface area contributed by atoms with Gasteiger partial charge in [0.2, 0.25) is 17.7 Å². The molecule has 4 saturated heterocycles. The SMILES string of the molecule is CCOc1ccc(NC(=O)[C@@H]2[C@H]3C(=O)N([C@@H](CC)CO)C(C(=O)NCCN4CCOCC4)C34CC[C@@]2(CC)O4)cc1. The summed E-state index contributed by atoms with van der Waals surface area (Å²) in [6.07, 6.45) is 2.10. The van der Waals surface area contributed by atoms with Crippen molar-refractivity contribution in [3.63, 3.8) is 0 Å². The third kappa shape index (κ3) is 5.22. The van der Waals surface area contributed by atoms with E-state index in [2.05, 4.69) is 15.5 Å². The van der Waals surface area contributed by atoms with E-state index >= 15 is 0 Å². The van der Waals surface area contributed by atoms with E-state index in [0.717, 1.165) is 13.1 Å². The summed E-state index contributed by atoms with van der Waals surface area (Å²) < 4.78 is 17.7. The zero-order chi connectivity index (χ0) is 29.2. The number of rotatable bonds is 12. The molecule has 11 nitrogen and oxygen atoms in total. The monoisotopic (exact) mass is 572 g/mol. The van der Waals surface area contributed by atoms with Gasteiger partial charge in [-0.3, -0.25) is 19.3 Å². The van der Waals surface area contributed by atoms with Crippen LogP contribution in [0.2, 0.25) is 0 Å². The number of likely N-dealkylation sites (tertiary alicyclic amines) is 1. The van der Waals surface area contributed by atoms with E-state index in [0.29, 0.717) is 70.0 Å².